The maximum Gasteiger partial charge on any atom is 0.573 e. The van der Waals surface area contributed by atoms with Crippen molar-refractivity contribution in [3.8, 4) is 5.75 Å². The van der Waals surface area contributed by atoms with Crippen LogP contribution in [0.5, 0.6) is 5.75 Å². The number of alkyl halides is 3. The number of ether oxygens (including phenoxy) is 1. The molecule has 0 radical (unpaired) electrons. The van der Waals surface area contributed by atoms with Crippen molar-refractivity contribution < 1.29 is 27.1 Å². The van der Waals surface area contributed by atoms with Crippen LogP contribution in [0.1, 0.15) is 12.5 Å². The largest absolute Gasteiger partial charge is 0.573 e. The topological polar surface area (TPSA) is 38.3 Å². The summed E-state index contributed by atoms with van der Waals surface area (Å²) >= 11 is 0. The summed E-state index contributed by atoms with van der Waals surface area (Å²) in [6.45, 7) is 1.46. The van der Waals surface area contributed by atoms with E-state index < -0.39 is 17.9 Å². The third-order valence-electron chi connectivity index (χ3n) is 1.97. The van der Waals surface area contributed by atoms with Gasteiger partial charge in [-0.15, -0.1) is 13.2 Å². The third-order valence-corrected chi connectivity index (χ3v) is 1.97. The average molecular weight is 277 g/mol. The number of benzene rings is 1. The van der Waals surface area contributed by atoms with Crippen LogP contribution < -0.4 is 10.1 Å². The standard InChI is InChI=1S/C12H11F4NO2/c1-8(18)17-6-2-3-9-7-10(4-5-11(9)13)19-12(14,15)16/h2-5,7H,6H2,1H3,(H,17,18). The average Bonchev–Trinajstić information content (AvgIpc) is 2.26. The molecule has 0 fully saturated rings. The van der Waals surface area contributed by atoms with Crippen LogP contribution in [0.4, 0.5) is 17.6 Å². The van der Waals surface area contributed by atoms with Crippen molar-refractivity contribution in [2.45, 2.75) is 13.3 Å². The molecule has 0 aliphatic carbocycles. The highest BCUT2D eigenvalue weighted by molar-refractivity contribution is 5.73. The lowest BCUT2D eigenvalue weighted by molar-refractivity contribution is -0.274. The second kappa shape index (κ2) is 6.21. The lowest BCUT2D eigenvalue weighted by atomic mass is 10.2. The predicted molar refractivity (Wildman–Crippen MR) is 60.8 cm³/mol. The Balaban J connectivity index is 2.77. The van der Waals surface area contributed by atoms with Crippen molar-refractivity contribution in [1.82, 2.24) is 5.32 Å². The normalized spacial score (nSPS) is 11.6. The molecule has 19 heavy (non-hydrogen) atoms. The molecule has 0 atom stereocenters. The summed E-state index contributed by atoms with van der Waals surface area (Å²) in [5.41, 5.74) is -0.0629. The highest BCUT2D eigenvalue weighted by Gasteiger charge is 2.31. The zero-order valence-corrected chi connectivity index (χ0v) is 9.92. The molecule has 1 amide bonds. The zero-order chi connectivity index (χ0) is 14.5. The van der Waals surface area contributed by atoms with Crippen LogP contribution in [0.25, 0.3) is 6.08 Å². The minimum atomic E-state index is -4.82. The van der Waals surface area contributed by atoms with Crippen LogP contribution in [-0.2, 0) is 4.79 Å². The SMILES string of the molecule is CC(=O)NCC=Cc1cc(OC(F)(F)F)ccc1F. The van der Waals surface area contributed by atoms with Crippen molar-refractivity contribution in [1.29, 1.82) is 0 Å². The van der Waals surface area contributed by atoms with E-state index in [0.29, 0.717) is 0 Å². The van der Waals surface area contributed by atoms with E-state index in [1.54, 1.807) is 0 Å². The van der Waals surface area contributed by atoms with E-state index in [-0.39, 0.29) is 18.0 Å². The van der Waals surface area contributed by atoms with Crippen molar-refractivity contribution in [2.75, 3.05) is 6.54 Å². The second-order valence-electron chi connectivity index (χ2n) is 3.57. The lowest BCUT2D eigenvalue weighted by Gasteiger charge is -2.09. The van der Waals surface area contributed by atoms with Crippen LogP contribution in [-0.4, -0.2) is 18.8 Å². The molecule has 0 aliphatic heterocycles. The fourth-order valence-electron chi connectivity index (χ4n) is 1.24. The second-order valence-corrected chi connectivity index (χ2v) is 3.57. The van der Waals surface area contributed by atoms with Gasteiger partial charge in [0.05, 0.1) is 0 Å². The summed E-state index contributed by atoms with van der Waals surface area (Å²) in [6, 6.07) is 2.68. The molecule has 1 rings (SSSR count). The molecule has 0 aromatic heterocycles. The highest BCUT2D eigenvalue weighted by Crippen LogP contribution is 2.25. The quantitative estimate of drug-likeness (QED) is 0.859. The van der Waals surface area contributed by atoms with Gasteiger partial charge >= 0.3 is 6.36 Å². The Labute approximate surface area is 106 Å². The molecule has 1 N–H and O–H groups in total. The van der Waals surface area contributed by atoms with Crippen LogP contribution in [0.3, 0.4) is 0 Å². The Kier molecular flexibility index (Phi) is 4.91. The van der Waals surface area contributed by atoms with Crippen molar-refractivity contribution in [3.05, 3.63) is 35.7 Å². The Morgan fingerprint density at radius 1 is 1.42 bits per heavy atom. The van der Waals surface area contributed by atoms with Gasteiger partial charge in [0.25, 0.3) is 0 Å². The van der Waals surface area contributed by atoms with E-state index in [4.69, 9.17) is 0 Å². The molecular formula is C12H11F4NO2. The molecule has 104 valence electrons. The molecule has 1 aromatic carbocycles. The summed E-state index contributed by atoms with van der Waals surface area (Å²) in [7, 11) is 0. The molecule has 7 heteroatoms. The maximum absolute atomic E-state index is 13.3. The number of halogens is 4. The van der Waals surface area contributed by atoms with Crippen LogP contribution >= 0.6 is 0 Å². The number of carbonyl (C=O) groups excluding carboxylic acids is 1. The Bertz CT molecular complexity index is 483. The minimum absolute atomic E-state index is 0.0629. The minimum Gasteiger partial charge on any atom is -0.406 e. The van der Waals surface area contributed by atoms with E-state index in [9.17, 15) is 22.4 Å². The smallest absolute Gasteiger partial charge is 0.406 e. The van der Waals surface area contributed by atoms with Crippen molar-refractivity contribution in [2.24, 2.45) is 0 Å². The monoisotopic (exact) mass is 277 g/mol. The summed E-state index contributed by atoms with van der Waals surface area (Å²) < 4.78 is 52.9. The number of nitrogens with one attached hydrogen (secondary N) is 1. The highest BCUT2D eigenvalue weighted by atomic mass is 19.4. The van der Waals surface area contributed by atoms with Gasteiger partial charge in [0.2, 0.25) is 5.91 Å². The van der Waals surface area contributed by atoms with Gasteiger partial charge < -0.3 is 10.1 Å². The van der Waals surface area contributed by atoms with Gasteiger partial charge in [-0.3, -0.25) is 4.79 Å². The molecule has 0 unspecified atom stereocenters. The molecule has 0 heterocycles. The van der Waals surface area contributed by atoms with Crippen LogP contribution in [0.2, 0.25) is 0 Å². The van der Waals surface area contributed by atoms with E-state index >= 15 is 0 Å². The summed E-state index contributed by atoms with van der Waals surface area (Å²) in [4.78, 5) is 10.6. The van der Waals surface area contributed by atoms with E-state index in [0.717, 1.165) is 18.2 Å². The molecule has 1 aromatic rings. The predicted octanol–water partition coefficient (Wildman–Crippen LogP) is 2.87. The fraction of sp³-hybridized carbons (Fsp3) is 0.250. The first kappa shape index (κ1) is 15.0. The molecule has 3 nitrogen and oxygen atoms in total. The fourth-order valence-corrected chi connectivity index (χ4v) is 1.24. The first-order chi connectivity index (χ1) is 8.78. The number of hydrogen-bond donors (Lipinski definition) is 1. The lowest BCUT2D eigenvalue weighted by Crippen LogP contribution is -2.19. The molecule has 0 saturated carbocycles. The number of rotatable bonds is 4. The maximum atomic E-state index is 13.3. The first-order valence-corrected chi connectivity index (χ1v) is 5.24. The van der Waals surface area contributed by atoms with E-state index in [1.165, 1.54) is 19.1 Å². The van der Waals surface area contributed by atoms with Crippen molar-refractivity contribution >= 4 is 12.0 Å². The van der Waals surface area contributed by atoms with Gasteiger partial charge in [0.1, 0.15) is 11.6 Å². The van der Waals surface area contributed by atoms with Gasteiger partial charge in [-0.25, -0.2) is 4.39 Å². The van der Waals surface area contributed by atoms with Crippen molar-refractivity contribution in [3.63, 3.8) is 0 Å². The van der Waals surface area contributed by atoms with Crippen LogP contribution in [0.15, 0.2) is 24.3 Å². The van der Waals surface area contributed by atoms with Gasteiger partial charge in [-0.05, 0) is 18.2 Å². The Hall–Kier alpha value is -2.05. The Morgan fingerprint density at radius 2 is 2.11 bits per heavy atom. The van der Waals surface area contributed by atoms with Gasteiger partial charge in [-0.2, -0.15) is 0 Å². The van der Waals surface area contributed by atoms with Gasteiger partial charge in [0, 0.05) is 19.0 Å². The molecule has 0 saturated heterocycles. The molecule has 0 aliphatic rings. The Morgan fingerprint density at radius 3 is 2.68 bits per heavy atom. The first-order valence-electron chi connectivity index (χ1n) is 5.24. The van der Waals surface area contributed by atoms with E-state index in [1.807, 2.05) is 0 Å². The van der Waals surface area contributed by atoms with Gasteiger partial charge in [0.15, 0.2) is 0 Å². The van der Waals surface area contributed by atoms with Crippen LogP contribution in [0, 0.1) is 5.82 Å². The summed E-state index contributed by atoms with van der Waals surface area (Å²) in [5.74, 6) is -1.46. The number of carbonyl (C=O) groups is 1. The number of amides is 1. The summed E-state index contributed by atoms with van der Waals surface area (Å²) in [5, 5.41) is 2.43. The summed E-state index contributed by atoms with van der Waals surface area (Å²) in [6.07, 6.45) is -2.15. The number of hydrogen-bond acceptors (Lipinski definition) is 2. The van der Waals surface area contributed by atoms with E-state index in [2.05, 4.69) is 10.1 Å². The molecular weight excluding hydrogens is 266 g/mol. The third kappa shape index (κ3) is 5.89. The zero-order valence-electron chi connectivity index (χ0n) is 9.92. The molecule has 0 bridgehead atoms. The molecule has 0 spiro atoms. The van der Waals surface area contributed by atoms with Gasteiger partial charge in [-0.1, -0.05) is 12.2 Å².